The molecule has 0 amide bonds. The lowest BCUT2D eigenvalue weighted by atomic mass is 10.1. The SMILES string of the molecule is Cc1cc(Sc2ccc(C#N)cc2)ccc1CC(=O)O. The van der Waals surface area contributed by atoms with Gasteiger partial charge in [-0.2, -0.15) is 5.26 Å². The van der Waals surface area contributed by atoms with Gasteiger partial charge in [0.2, 0.25) is 0 Å². The first-order chi connectivity index (χ1) is 9.58. The van der Waals surface area contributed by atoms with E-state index in [-0.39, 0.29) is 6.42 Å². The van der Waals surface area contributed by atoms with Gasteiger partial charge in [-0.25, -0.2) is 0 Å². The third-order valence-electron chi connectivity index (χ3n) is 2.87. The van der Waals surface area contributed by atoms with Crippen molar-refractivity contribution in [3.63, 3.8) is 0 Å². The van der Waals surface area contributed by atoms with Gasteiger partial charge in [-0.1, -0.05) is 17.8 Å². The quantitative estimate of drug-likeness (QED) is 0.930. The van der Waals surface area contributed by atoms with Crippen LogP contribution in [-0.4, -0.2) is 11.1 Å². The number of benzene rings is 2. The summed E-state index contributed by atoms with van der Waals surface area (Å²) in [6.07, 6.45) is 0.0493. The fraction of sp³-hybridized carbons (Fsp3) is 0.125. The predicted molar refractivity (Wildman–Crippen MR) is 77.8 cm³/mol. The van der Waals surface area contributed by atoms with Crippen molar-refractivity contribution in [1.29, 1.82) is 5.26 Å². The molecule has 0 aliphatic rings. The third-order valence-corrected chi connectivity index (χ3v) is 3.87. The van der Waals surface area contributed by atoms with Gasteiger partial charge in [0.15, 0.2) is 0 Å². The van der Waals surface area contributed by atoms with Crippen molar-refractivity contribution in [1.82, 2.24) is 0 Å². The zero-order valence-corrected chi connectivity index (χ0v) is 11.8. The highest BCUT2D eigenvalue weighted by Crippen LogP contribution is 2.29. The highest BCUT2D eigenvalue weighted by atomic mass is 32.2. The molecule has 0 radical (unpaired) electrons. The summed E-state index contributed by atoms with van der Waals surface area (Å²) in [5.41, 5.74) is 2.45. The molecule has 3 nitrogen and oxygen atoms in total. The summed E-state index contributed by atoms with van der Waals surface area (Å²) in [7, 11) is 0. The summed E-state index contributed by atoms with van der Waals surface area (Å²) in [5, 5.41) is 17.6. The number of carbonyl (C=O) groups is 1. The molecule has 1 N–H and O–H groups in total. The minimum absolute atomic E-state index is 0.0493. The summed E-state index contributed by atoms with van der Waals surface area (Å²) in [6.45, 7) is 1.92. The van der Waals surface area contributed by atoms with Crippen molar-refractivity contribution in [2.75, 3.05) is 0 Å². The van der Waals surface area contributed by atoms with E-state index in [1.165, 1.54) is 0 Å². The number of hydrogen-bond acceptors (Lipinski definition) is 3. The highest BCUT2D eigenvalue weighted by Gasteiger charge is 2.05. The molecule has 0 spiro atoms. The van der Waals surface area contributed by atoms with Crippen LogP contribution in [-0.2, 0) is 11.2 Å². The van der Waals surface area contributed by atoms with Gasteiger partial charge in [-0.15, -0.1) is 0 Å². The van der Waals surface area contributed by atoms with E-state index in [1.54, 1.807) is 23.9 Å². The Morgan fingerprint density at radius 3 is 2.40 bits per heavy atom. The number of carboxylic acid groups (broad SMARTS) is 1. The summed E-state index contributed by atoms with van der Waals surface area (Å²) >= 11 is 1.59. The molecule has 0 bridgehead atoms. The van der Waals surface area contributed by atoms with Crippen LogP contribution in [0.1, 0.15) is 16.7 Å². The first-order valence-corrected chi connectivity index (χ1v) is 6.89. The van der Waals surface area contributed by atoms with Crippen LogP contribution in [0.3, 0.4) is 0 Å². The molecule has 20 heavy (non-hydrogen) atoms. The smallest absolute Gasteiger partial charge is 0.307 e. The Hall–Kier alpha value is -2.25. The van der Waals surface area contributed by atoms with Gasteiger partial charge in [0.05, 0.1) is 18.1 Å². The molecule has 0 saturated carbocycles. The van der Waals surface area contributed by atoms with Crippen molar-refractivity contribution in [3.8, 4) is 6.07 Å². The molecule has 0 saturated heterocycles. The maximum atomic E-state index is 10.7. The minimum atomic E-state index is -0.819. The van der Waals surface area contributed by atoms with Crippen molar-refractivity contribution >= 4 is 17.7 Å². The number of nitrogens with zero attached hydrogens (tertiary/aromatic N) is 1. The molecule has 0 atom stereocenters. The van der Waals surface area contributed by atoms with E-state index in [0.717, 1.165) is 20.9 Å². The standard InChI is InChI=1S/C16H13NO2S/c1-11-8-15(7-4-13(11)9-16(18)19)20-14-5-2-12(10-17)3-6-14/h2-8H,9H2,1H3,(H,18,19). The Morgan fingerprint density at radius 1 is 1.20 bits per heavy atom. The number of carboxylic acids is 1. The van der Waals surface area contributed by atoms with Crippen LogP contribution in [0.15, 0.2) is 52.3 Å². The van der Waals surface area contributed by atoms with E-state index in [4.69, 9.17) is 10.4 Å². The van der Waals surface area contributed by atoms with Crippen molar-refractivity contribution in [2.24, 2.45) is 0 Å². The van der Waals surface area contributed by atoms with Gasteiger partial charge in [0, 0.05) is 9.79 Å². The molecule has 0 aliphatic carbocycles. The second-order valence-corrected chi connectivity index (χ2v) is 5.54. The van der Waals surface area contributed by atoms with Gasteiger partial charge in [0.1, 0.15) is 0 Å². The van der Waals surface area contributed by atoms with Gasteiger partial charge >= 0.3 is 5.97 Å². The van der Waals surface area contributed by atoms with Crippen LogP contribution in [0.5, 0.6) is 0 Å². The molecular weight excluding hydrogens is 270 g/mol. The minimum Gasteiger partial charge on any atom is -0.481 e. The maximum absolute atomic E-state index is 10.7. The summed E-state index contributed by atoms with van der Waals surface area (Å²) in [5.74, 6) is -0.819. The van der Waals surface area contributed by atoms with Crippen molar-refractivity contribution in [3.05, 3.63) is 59.2 Å². The number of aryl methyl sites for hydroxylation is 1. The topological polar surface area (TPSA) is 61.1 Å². The molecule has 0 unspecified atom stereocenters. The van der Waals surface area contributed by atoms with Crippen LogP contribution >= 0.6 is 11.8 Å². The van der Waals surface area contributed by atoms with E-state index in [9.17, 15) is 4.79 Å². The molecule has 100 valence electrons. The Balaban J connectivity index is 2.15. The van der Waals surface area contributed by atoms with Crippen LogP contribution in [0.25, 0.3) is 0 Å². The Bertz CT molecular complexity index is 672. The highest BCUT2D eigenvalue weighted by molar-refractivity contribution is 7.99. The molecule has 2 aromatic rings. The number of rotatable bonds is 4. The van der Waals surface area contributed by atoms with Crippen LogP contribution in [0, 0.1) is 18.3 Å². The van der Waals surface area contributed by atoms with Gasteiger partial charge < -0.3 is 5.11 Å². The lowest BCUT2D eigenvalue weighted by Crippen LogP contribution is -2.01. The van der Waals surface area contributed by atoms with Crippen LogP contribution in [0.2, 0.25) is 0 Å². The third kappa shape index (κ3) is 3.62. The van der Waals surface area contributed by atoms with Gasteiger partial charge in [-0.05, 0) is 54.4 Å². The molecular formula is C16H13NO2S. The van der Waals surface area contributed by atoms with Crippen LogP contribution < -0.4 is 0 Å². The second kappa shape index (κ2) is 6.27. The largest absolute Gasteiger partial charge is 0.481 e. The van der Waals surface area contributed by atoms with Crippen molar-refractivity contribution in [2.45, 2.75) is 23.1 Å². The predicted octanol–water partition coefficient (Wildman–Crippen LogP) is 3.65. The summed E-state index contributed by atoms with van der Waals surface area (Å²) < 4.78 is 0. The van der Waals surface area contributed by atoms with Gasteiger partial charge in [-0.3, -0.25) is 4.79 Å². The van der Waals surface area contributed by atoms with E-state index in [2.05, 4.69) is 6.07 Å². The number of nitriles is 1. The lowest BCUT2D eigenvalue weighted by molar-refractivity contribution is -0.136. The lowest BCUT2D eigenvalue weighted by Gasteiger charge is -2.07. The monoisotopic (exact) mass is 283 g/mol. The summed E-state index contributed by atoms with van der Waals surface area (Å²) in [4.78, 5) is 12.8. The van der Waals surface area contributed by atoms with Crippen LogP contribution in [0.4, 0.5) is 0 Å². The zero-order chi connectivity index (χ0) is 14.5. The fourth-order valence-corrected chi connectivity index (χ4v) is 2.74. The van der Waals surface area contributed by atoms with E-state index in [0.29, 0.717) is 5.56 Å². The summed E-state index contributed by atoms with van der Waals surface area (Å²) in [6, 6.07) is 15.2. The van der Waals surface area contributed by atoms with E-state index in [1.807, 2.05) is 37.3 Å². The Morgan fingerprint density at radius 2 is 1.85 bits per heavy atom. The molecule has 4 heteroatoms. The second-order valence-electron chi connectivity index (χ2n) is 4.40. The molecule has 0 heterocycles. The molecule has 2 rings (SSSR count). The maximum Gasteiger partial charge on any atom is 0.307 e. The molecule has 2 aromatic carbocycles. The van der Waals surface area contributed by atoms with E-state index >= 15 is 0 Å². The first kappa shape index (κ1) is 14.2. The number of aliphatic carboxylic acids is 1. The van der Waals surface area contributed by atoms with Crippen molar-refractivity contribution < 1.29 is 9.90 Å². The molecule has 0 aromatic heterocycles. The normalized spacial score (nSPS) is 10.0. The fourth-order valence-electron chi connectivity index (χ4n) is 1.83. The molecule has 0 fully saturated rings. The molecule has 0 aliphatic heterocycles. The Kier molecular flexibility index (Phi) is 4.44. The van der Waals surface area contributed by atoms with Gasteiger partial charge in [0.25, 0.3) is 0 Å². The zero-order valence-electron chi connectivity index (χ0n) is 11.0. The average molecular weight is 283 g/mol. The Labute approximate surface area is 121 Å². The average Bonchev–Trinajstić information content (AvgIpc) is 2.42. The number of hydrogen-bond donors (Lipinski definition) is 1. The first-order valence-electron chi connectivity index (χ1n) is 6.08. The van der Waals surface area contributed by atoms with E-state index < -0.39 is 5.97 Å².